The van der Waals surface area contributed by atoms with Gasteiger partial charge in [-0.2, -0.15) is 0 Å². The van der Waals surface area contributed by atoms with Crippen LogP contribution in [-0.4, -0.2) is 34.2 Å². The largest absolute Gasteiger partial charge is 0.396 e. The number of hydrogen-bond acceptors (Lipinski definition) is 2. The molecule has 0 aliphatic carbocycles. The molecular weight excluding hydrogens is 272 g/mol. The lowest BCUT2D eigenvalue weighted by Crippen LogP contribution is -2.60. The molecule has 5 heterocycles. The number of aromatic amines is 1. The summed E-state index contributed by atoms with van der Waals surface area (Å²) in [6.45, 7) is 3.55. The van der Waals surface area contributed by atoms with Crippen molar-refractivity contribution in [2.75, 3.05) is 13.2 Å². The number of fused-ring (bicyclic) bond motifs is 4. The van der Waals surface area contributed by atoms with Crippen LogP contribution in [0, 0.1) is 11.8 Å². The number of benzene rings is 1. The van der Waals surface area contributed by atoms with Crippen molar-refractivity contribution in [3.8, 4) is 0 Å². The molecule has 0 saturated carbocycles. The van der Waals surface area contributed by atoms with E-state index in [-0.39, 0.29) is 0 Å². The molecule has 5 atom stereocenters. The Balaban J connectivity index is 1.69. The van der Waals surface area contributed by atoms with Gasteiger partial charge in [-0.25, -0.2) is 0 Å². The topological polar surface area (TPSA) is 39.3 Å². The van der Waals surface area contributed by atoms with Crippen LogP contribution in [0.25, 0.3) is 10.9 Å². The first-order valence-electron chi connectivity index (χ1n) is 8.43. The summed E-state index contributed by atoms with van der Waals surface area (Å²) in [5.74, 6) is 0.965. The Kier molecular flexibility index (Phi) is 2.62. The summed E-state index contributed by atoms with van der Waals surface area (Å²) in [7, 11) is 0. The molecule has 4 aliphatic heterocycles. The second kappa shape index (κ2) is 4.46. The molecule has 3 saturated heterocycles. The van der Waals surface area contributed by atoms with Gasteiger partial charge < -0.3 is 10.1 Å². The number of piperidine rings is 3. The van der Waals surface area contributed by atoms with Gasteiger partial charge in [0.25, 0.3) is 0 Å². The van der Waals surface area contributed by atoms with Gasteiger partial charge in [0, 0.05) is 41.7 Å². The normalized spacial score (nSPS) is 37.7. The number of aliphatic hydroxyl groups excluding tert-OH is 1. The number of nitrogens with one attached hydrogen (secondary N) is 1. The number of nitrogens with zero attached hydrogens (tertiary/aromatic N) is 1. The molecule has 4 bridgehead atoms. The predicted octanol–water partition coefficient (Wildman–Crippen LogP) is 3.02. The first-order valence-corrected chi connectivity index (χ1v) is 8.43. The summed E-state index contributed by atoms with van der Waals surface area (Å²) in [4.78, 5) is 6.35. The molecule has 114 valence electrons. The third kappa shape index (κ3) is 1.48. The molecule has 3 fully saturated rings. The van der Waals surface area contributed by atoms with Gasteiger partial charge in [-0.1, -0.05) is 29.8 Å². The van der Waals surface area contributed by atoms with E-state index in [1.54, 1.807) is 0 Å². The fourth-order valence-corrected chi connectivity index (χ4v) is 5.32. The fraction of sp³-hybridized carbons (Fsp3) is 0.474. The minimum atomic E-state index is 0.313. The van der Waals surface area contributed by atoms with Gasteiger partial charge in [0.15, 0.2) is 0 Å². The number of aliphatic hydroxyl groups is 1. The number of para-hydroxylation sites is 1. The van der Waals surface area contributed by atoms with E-state index in [0.717, 1.165) is 19.4 Å². The summed E-state index contributed by atoms with van der Waals surface area (Å²) in [6.07, 6.45) is 4.51. The van der Waals surface area contributed by atoms with Gasteiger partial charge in [-0.3, -0.25) is 4.90 Å². The van der Waals surface area contributed by atoms with E-state index in [1.165, 1.54) is 27.7 Å². The summed E-state index contributed by atoms with van der Waals surface area (Å²) in [5.41, 5.74) is 5.74. The van der Waals surface area contributed by atoms with Gasteiger partial charge in [0.05, 0.1) is 6.04 Å². The lowest BCUT2D eigenvalue weighted by Gasteiger charge is -2.58. The van der Waals surface area contributed by atoms with E-state index in [1.807, 2.05) is 0 Å². The summed E-state index contributed by atoms with van der Waals surface area (Å²) in [6, 6.07) is 9.68. The second-order valence-corrected chi connectivity index (χ2v) is 7.07. The molecule has 1 aromatic carbocycles. The molecule has 1 unspecified atom stereocenters. The second-order valence-electron chi connectivity index (χ2n) is 7.07. The van der Waals surface area contributed by atoms with Gasteiger partial charge in [0.2, 0.25) is 0 Å². The van der Waals surface area contributed by atoms with Crippen molar-refractivity contribution in [1.29, 1.82) is 0 Å². The molecule has 4 aliphatic rings. The fourth-order valence-electron chi connectivity index (χ4n) is 5.32. The van der Waals surface area contributed by atoms with Crippen LogP contribution in [0.2, 0.25) is 0 Å². The highest BCUT2D eigenvalue weighted by atomic mass is 16.3. The maximum atomic E-state index is 9.99. The smallest absolute Gasteiger partial charge is 0.0514 e. The molecule has 22 heavy (non-hydrogen) atoms. The van der Waals surface area contributed by atoms with E-state index < -0.39 is 0 Å². The lowest BCUT2D eigenvalue weighted by atomic mass is 9.64. The average molecular weight is 294 g/mol. The Hall–Kier alpha value is -1.58. The monoisotopic (exact) mass is 294 g/mol. The first-order chi connectivity index (χ1) is 10.8. The Bertz CT molecular complexity index is 775. The number of rotatable bonds is 1. The number of hydrogen-bond donors (Lipinski definition) is 2. The van der Waals surface area contributed by atoms with Gasteiger partial charge >= 0.3 is 0 Å². The minimum Gasteiger partial charge on any atom is -0.396 e. The van der Waals surface area contributed by atoms with Crippen molar-refractivity contribution in [3.05, 3.63) is 47.2 Å². The molecule has 0 radical (unpaired) electrons. The van der Waals surface area contributed by atoms with E-state index in [0.29, 0.717) is 30.5 Å². The maximum absolute atomic E-state index is 9.99. The van der Waals surface area contributed by atoms with Gasteiger partial charge in [0.1, 0.15) is 0 Å². The SMILES string of the molecule is C/C=C1\CN2[C@H]3C[C@@H]1[C@@H](CO)[C@@H]2Cc1c3[nH]c2ccccc12. The van der Waals surface area contributed by atoms with Crippen LogP contribution >= 0.6 is 0 Å². The Morgan fingerprint density at radius 3 is 3.05 bits per heavy atom. The Morgan fingerprint density at radius 2 is 2.23 bits per heavy atom. The molecule has 2 aromatic rings. The van der Waals surface area contributed by atoms with E-state index in [9.17, 15) is 5.11 Å². The Morgan fingerprint density at radius 1 is 1.36 bits per heavy atom. The van der Waals surface area contributed by atoms with Crippen molar-refractivity contribution in [3.63, 3.8) is 0 Å². The highest BCUT2D eigenvalue weighted by molar-refractivity contribution is 5.85. The quantitative estimate of drug-likeness (QED) is 0.794. The Labute approximate surface area is 130 Å². The van der Waals surface area contributed by atoms with Gasteiger partial charge in [-0.05, 0) is 37.3 Å². The third-order valence-corrected chi connectivity index (χ3v) is 6.33. The van der Waals surface area contributed by atoms with Crippen LogP contribution in [0.1, 0.15) is 30.6 Å². The van der Waals surface area contributed by atoms with Crippen molar-refractivity contribution in [2.24, 2.45) is 11.8 Å². The number of H-pyrrole nitrogens is 1. The molecule has 3 nitrogen and oxygen atoms in total. The van der Waals surface area contributed by atoms with Crippen molar-refractivity contribution < 1.29 is 5.11 Å². The predicted molar refractivity (Wildman–Crippen MR) is 87.7 cm³/mol. The zero-order valence-electron chi connectivity index (χ0n) is 12.9. The number of allylic oxidation sites excluding steroid dienone is 1. The molecule has 6 rings (SSSR count). The number of aromatic nitrogens is 1. The molecule has 0 spiro atoms. The average Bonchev–Trinajstić information content (AvgIpc) is 2.93. The highest BCUT2D eigenvalue weighted by Gasteiger charge is 2.52. The minimum absolute atomic E-state index is 0.313. The highest BCUT2D eigenvalue weighted by Crippen LogP contribution is 2.53. The van der Waals surface area contributed by atoms with Crippen molar-refractivity contribution in [1.82, 2.24) is 9.88 Å². The summed E-state index contributed by atoms with van der Waals surface area (Å²) in [5, 5.41) is 11.4. The summed E-state index contributed by atoms with van der Waals surface area (Å²) >= 11 is 0. The van der Waals surface area contributed by atoms with Crippen LogP contribution in [0.4, 0.5) is 0 Å². The van der Waals surface area contributed by atoms with Crippen LogP contribution in [0.3, 0.4) is 0 Å². The standard InChI is InChI=1S/C19H22N2O/c1-2-11-9-21-17-8-14-12-5-3-4-6-16(12)20-19(14)18(21)7-13(11)15(17)10-22/h2-6,13,15,17-18,20,22H,7-10H2,1H3/b11-2+/t13-,15+,17-,18-/m0/s1. The first kappa shape index (κ1) is 12.9. The summed E-state index contributed by atoms with van der Waals surface area (Å²) < 4.78 is 0. The van der Waals surface area contributed by atoms with Crippen molar-refractivity contribution in [2.45, 2.75) is 31.8 Å². The van der Waals surface area contributed by atoms with E-state index >= 15 is 0 Å². The lowest BCUT2D eigenvalue weighted by molar-refractivity contribution is -0.0503. The van der Waals surface area contributed by atoms with Crippen LogP contribution in [0.15, 0.2) is 35.9 Å². The molecule has 1 aromatic heterocycles. The van der Waals surface area contributed by atoms with Crippen LogP contribution in [-0.2, 0) is 6.42 Å². The maximum Gasteiger partial charge on any atom is 0.0514 e. The van der Waals surface area contributed by atoms with Gasteiger partial charge in [-0.15, -0.1) is 0 Å². The van der Waals surface area contributed by atoms with E-state index in [2.05, 4.69) is 47.1 Å². The van der Waals surface area contributed by atoms with E-state index in [4.69, 9.17) is 0 Å². The van der Waals surface area contributed by atoms with Crippen molar-refractivity contribution >= 4 is 10.9 Å². The molecular formula is C19H22N2O. The molecule has 0 amide bonds. The van der Waals surface area contributed by atoms with Crippen LogP contribution in [0.5, 0.6) is 0 Å². The zero-order valence-corrected chi connectivity index (χ0v) is 12.9. The molecule has 2 N–H and O–H groups in total. The zero-order chi connectivity index (χ0) is 14.8. The molecule has 3 heteroatoms. The van der Waals surface area contributed by atoms with Crippen LogP contribution < -0.4 is 0 Å². The third-order valence-electron chi connectivity index (χ3n) is 6.33.